The Kier molecular flexibility index (Phi) is 3.62. The molecular weight excluding hydrogens is 333 g/mol. The summed E-state index contributed by atoms with van der Waals surface area (Å²) in [4.78, 5) is 12.5. The minimum absolute atomic E-state index is 0.0222. The topological polar surface area (TPSA) is 65.5 Å². The number of carbonyl (C=O) groups is 1. The molecule has 0 aliphatic rings. The van der Waals surface area contributed by atoms with Gasteiger partial charge >= 0.3 is 5.97 Å². The zero-order valence-electron chi connectivity index (χ0n) is 12.2. The number of hydrogen-bond acceptors (Lipinski definition) is 6. The molecule has 0 unspecified atom stereocenters. The standard InChI is InChI=1S/C17H10FNO4S/c18-11-3-4-15-10(6-11)7-16(24-15)17(20)22-9-12-8-14(23-19-12)13-2-1-5-21-13/h1-8H,9H2. The first-order valence-electron chi connectivity index (χ1n) is 7.05. The van der Waals surface area contributed by atoms with Crippen molar-refractivity contribution in [2.24, 2.45) is 0 Å². The number of ether oxygens (including phenoxy) is 1. The van der Waals surface area contributed by atoms with Gasteiger partial charge < -0.3 is 13.7 Å². The molecule has 3 heterocycles. The number of esters is 1. The highest BCUT2D eigenvalue weighted by atomic mass is 32.1. The fraction of sp³-hybridized carbons (Fsp3) is 0.0588. The van der Waals surface area contributed by atoms with E-state index in [9.17, 15) is 9.18 Å². The number of fused-ring (bicyclic) bond motifs is 1. The highest BCUT2D eigenvalue weighted by Crippen LogP contribution is 2.27. The van der Waals surface area contributed by atoms with Gasteiger partial charge in [-0.15, -0.1) is 11.3 Å². The van der Waals surface area contributed by atoms with Gasteiger partial charge in [-0.3, -0.25) is 0 Å². The van der Waals surface area contributed by atoms with Crippen molar-refractivity contribution < 1.29 is 22.9 Å². The van der Waals surface area contributed by atoms with Crippen molar-refractivity contribution in [2.45, 2.75) is 6.61 Å². The Hall–Kier alpha value is -2.93. The van der Waals surface area contributed by atoms with Crippen LogP contribution < -0.4 is 0 Å². The highest BCUT2D eigenvalue weighted by molar-refractivity contribution is 7.20. The summed E-state index contributed by atoms with van der Waals surface area (Å²) >= 11 is 1.25. The van der Waals surface area contributed by atoms with Gasteiger partial charge in [-0.1, -0.05) is 5.16 Å². The summed E-state index contributed by atoms with van der Waals surface area (Å²) in [6.45, 7) is -0.0222. The number of aromatic nitrogens is 1. The molecule has 0 aliphatic carbocycles. The molecule has 24 heavy (non-hydrogen) atoms. The Morgan fingerprint density at radius 3 is 2.96 bits per heavy atom. The van der Waals surface area contributed by atoms with Gasteiger partial charge in [0.1, 0.15) is 23.0 Å². The summed E-state index contributed by atoms with van der Waals surface area (Å²) in [6.07, 6.45) is 1.53. The van der Waals surface area contributed by atoms with Gasteiger partial charge in [0.25, 0.3) is 0 Å². The lowest BCUT2D eigenvalue weighted by molar-refractivity contribution is 0.0470. The molecule has 0 spiro atoms. The van der Waals surface area contributed by atoms with E-state index in [1.54, 1.807) is 30.3 Å². The third-order valence-corrected chi connectivity index (χ3v) is 4.45. The Morgan fingerprint density at radius 1 is 1.21 bits per heavy atom. The molecule has 5 nitrogen and oxygen atoms in total. The Morgan fingerprint density at radius 2 is 2.12 bits per heavy atom. The molecule has 120 valence electrons. The number of thiophene rings is 1. The monoisotopic (exact) mass is 343 g/mol. The van der Waals surface area contributed by atoms with Gasteiger partial charge in [-0.05, 0) is 41.8 Å². The molecule has 0 atom stereocenters. The van der Waals surface area contributed by atoms with Crippen LogP contribution in [0.3, 0.4) is 0 Å². The predicted molar refractivity (Wildman–Crippen MR) is 85.1 cm³/mol. The second-order valence-corrected chi connectivity index (χ2v) is 6.11. The average molecular weight is 343 g/mol. The SMILES string of the molecule is O=C(OCc1cc(-c2ccco2)on1)c1cc2cc(F)ccc2s1. The summed E-state index contributed by atoms with van der Waals surface area (Å²) in [7, 11) is 0. The maximum Gasteiger partial charge on any atom is 0.348 e. The van der Waals surface area contributed by atoms with Gasteiger partial charge in [-0.25, -0.2) is 9.18 Å². The molecule has 0 saturated heterocycles. The summed E-state index contributed by atoms with van der Waals surface area (Å²) < 4.78 is 29.6. The van der Waals surface area contributed by atoms with Crippen molar-refractivity contribution in [3.8, 4) is 11.5 Å². The zero-order valence-corrected chi connectivity index (χ0v) is 13.0. The van der Waals surface area contributed by atoms with Crippen LogP contribution in [-0.4, -0.2) is 11.1 Å². The van der Waals surface area contributed by atoms with Crippen LogP contribution in [0.5, 0.6) is 0 Å². The van der Waals surface area contributed by atoms with E-state index >= 15 is 0 Å². The number of carbonyl (C=O) groups excluding carboxylic acids is 1. The molecule has 0 amide bonds. The van der Waals surface area contributed by atoms with Crippen molar-refractivity contribution in [3.63, 3.8) is 0 Å². The number of benzene rings is 1. The molecule has 3 aromatic heterocycles. The first-order chi connectivity index (χ1) is 11.7. The van der Waals surface area contributed by atoms with E-state index < -0.39 is 5.97 Å². The van der Waals surface area contributed by atoms with E-state index in [2.05, 4.69) is 5.16 Å². The van der Waals surface area contributed by atoms with Crippen LogP contribution in [0, 0.1) is 5.82 Å². The quantitative estimate of drug-likeness (QED) is 0.505. The maximum absolute atomic E-state index is 13.2. The number of furan rings is 1. The van der Waals surface area contributed by atoms with Crippen LogP contribution in [0.1, 0.15) is 15.4 Å². The lowest BCUT2D eigenvalue weighted by atomic mass is 10.2. The second-order valence-electron chi connectivity index (χ2n) is 5.03. The number of halogens is 1. The molecule has 7 heteroatoms. The molecule has 0 aliphatic heterocycles. The van der Waals surface area contributed by atoms with E-state index in [-0.39, 0.29) is 12.4 Å². The van der Waals surface area contributed by atoms with E-state index in [4.69, 9.17) is 13.7 Å². The number of nitrogens with zero attached hydrogens (tertiary/aromatic N) is 1. The van der Waals surface area contributed by atoms with Crippen molar-refractivity contribution in [1.29, 1.82) is 0 Å². The lowest BCUT2D eigenvalue weighted by Crippen LogP contribution is -2.03. The van der Waals surface area contributed by atoms with E-state index in [1.807, 2.05) is 0 Å². The molecule has 4 rings (SSSR count). The van der Waals surface area contributed by atoms with Gasteiger partial charge in [0, 0.05) is 10.8 Å². The fourth-order valence-corrected chi connectivity index (χ4v) is 3.18. The van der Waals surface area contributed by atoms with Crippen molar-refractivity contribution in [2.75, 3.05) is 0 Å². The van der Waals surface area contributed by atoms with E-state index in [0.717, 1.165) is 4.70 Å². The number of hydrogen-bond donors (Lipinski definition) is 0. The molecule has 0 radical (unpaired) electrons. The predicted octanol–water partition coefficient (Wildman–Crippen LogP) is 4.65. The molecule has 1 aromatic carbocycles. The Balaban J connectivity index is 1.46. The van der Waals surface area contributed by atoms with Crippen LogP contribution >= 0.6 is 11.3 Å². The minimum Gasteiger partial charge on any atom is -0.461 e. The first kappa shape index (κ1) is 14.6. The van der Waals surface area contributed by atoms with E-state index in [0.29, 0.717) is 27.5 Å². The van der Waals surface area contributed by atoms with Gasteiger partial charge in [-0.2, -0.15) is 0 Å². The lowest BCUT2D eigenvalue weighted by Gasteiger charge is -1.98. The van der Waals surface area contributed by atoms with E-state index in [1.165, 1.54) is 29.7 Å². The minimum atomic E-state index is -0.487. The second kappa shape index (κ2) is 5.93. The molecular formula is C17H10FNO4S. The fourth-order valence-electron chi connectivity index (χ4n) is 2.24. The van der Waals surface area contributed by atoms with Gasteiger partial charge in [0.15, 0.2) is 5.76 Å². The van der Waals surface area contributed by atoms with Crippen LogP contribution in [0.4, 0.5) is 4.39 Å². The third-order valence-electron chi connectivity index (χ3n) is 3.35. The maximum atomic E-state index is 13.2. The highest BCUT2D eigenvalue weighted by Gasteiger charge is 2.14. The van der Waals surface area contributed by atoms with Crippen LogP contribution in [0.2, 0.25) is 0 Å². The summed E-state index contributed by atoms with van der Waals surface area (Å²) in [5.74, 6) is 0.183. The molecule has 0 saturated carbocycles. The van der Waals surface area contributed by atoms with Crippen LogP contribution in [0.25, 0.3) is 21.6 Å². The average Bonchev–Trinajstić information content (AvgIpc) is 3.30. The Bertz CT molecular complexity index is 1000. The van der Waals surface area contributed by atoms with Gasteiger partial charge in [0.2, 0.25) is 5.76 Å². The molecule has 0 N–H and O–H groups in total. The smallest absolute Gasteiger partial charge is 0.348 e. The third kappa shape index (κ3) is 2.81. The Labute approximate surface area is 139 Å². The normalized spacial score (nSPS) is 11.0. The zero-order chi connectivity index (χ0) is 16.5. The van der Waals surface area contributed by atoms with Crippen molar-refractivity contribution >= 4 is 27.4 Å². The largest absolute Gasteiger partial charge is 0.461 e. The summed E-state index contributed by atoms with van der Waals surface area (Å²) in [5, 5.41) is 4.51. The summed E-state index contributed by atoms with van der Waals surface area (Å²) in [5.41, 5.74) is 0.474. The van der Waals surface area contributed by atoms with Crippen molar-refractivity contribution in [1.82, 2.24) is 5.16 Å². The first-order valence-corrected chi connectivity index (χ1v) is 7.86. The molecule has 0 fully saturated rings. The number of rotatable bonds is 4. The summed E-state index contributed by atoms with van der Waals surface area (Å²) in [6, 6.07) is 11.1. The van der Waals surface area contributed by atoms with Crippen LogP contribution in [0.15, 0.2) is 57.7 Å². The molecule has 0 bridgehead atoms. The molecule has 4 aromatic rings. The van der Waals surface area contributed by atoms with Crippen molar-refractivity contribution in [3.05, 3.63) is 65.1 Å². The van der Waals surface area contributed by atoms with Crippen LogP contribution in [-0.2, 0) is 11.3 Å². The van der Waals surface area contributed by atoms with Gasteiger partial charge in [0.05, 0.1) is 6.26 Å².